The van der Waals surface area contributed by atoms with Gasteiger partial charge in [0.2, 0.25) is 0 Å². The van der Waals surface area contributed by atoms with Crippen LogP contribution in [0.5, 0.6) is 5.75 Å². The van der Waals surface area contributed by atoms with Gasteiger partial charge in [-0.1, -0.05) is 31.0 Å². The molecule has 2 N–H and O–H groups in total. The van der Waals surface area contributed by atoms with Gasteiger partial charge in [-0.05, 0) is 50.9 Å². The summed E-state index contributed by atoms with van der Waals surface area (Å²) < 4.78 is 5.77. The van der Waals surface area contributed by atoms with E-state index < -0.39 is 0 Å². The molecular weight excluding hydrogens is 248 g/mol. The molecule has 0 radical (unpaired) electrons. The average molecular weight is 276 g/mol. The van der Waals surface area contributed by atoms with E-state index in [9.17, 15) is 0 Å². The highest BCUT2D eigenvalue weighted by atomic mass is 16.5. The third-order valence-corrected chi connectivity index (χ3v) is 4.09. The van der Waals surface area contributed by atoms with Crippen LogP contribution in [0.4, 0.5) is 0 Å². The predicted octanol–water partition coefficient (Wildman–Crippen LogP) is 3.05. The van der Waals surface area contributed by atoms with Crippen molar-refractivity contribution in [3.05, 3.63) is 30.3 Å². The van der Waals surface area contributed by atoms with Crippen LogP contribution >= 0.6 is 0 Å². The Balaban J connectivity index is 1.68. The first-order chi connectivity index (χ1) is 9.90. The molecule has 20 heavy (non-hydrogen) atoms. The highest BCUT2D eigenvalue weighted by Crippen LogP contribution is 2.23. The first-order valence-corrected chi connectivity index (χ1v) is 8.02. The summed E-state index contributed by atoms with van der Waals surface area (Å²) >= 11 is 0. The van der Waals surface area contributed by atoms with Gasteiger partial charge >= 0.3 is 0 Å². The number of hydrogen-bond acceptors (Lipinski definition) is 3. The normalized spacial score (nSPS) is 15.9. The maximum absolute atomic E-state index is 5.77. The largest absolute Gasteiger partial charge is 0.494 e. The maximum atomic E-state index is 5.77. The van der Waals surface area contributed by atoms with Gasteiger partial charge in [0.05, 0.1) is 6.61 Å². The van der Waals surface area contributed by atoms with E-state index in [-0.39, 0.29) is 0 Å². The van der Waals surface area contributed by atoms with Gasteiger partial charge in [0, 0.05) is 12.6 Å². The number of ether oxygens (including phenoxy) is 1. The van der Waals surface area contributed by atoms with E-state index in [1.807, 2.05) is 30.3 Å². The van der Waals surface area contributed by atoms with E-state index in [4.69, 9.17) is 10.5 Å². The molecule has 0 aromatic heterocycles. The average Bonchev–Trinajstić information content (AvgIpc) is 3.02. The molecule has 112 valence electrons. The smallest absolute Gasteiger partial charge is 0.119 e. The molecule has 2 rings (SSSR count). The van der Waals surface area contributed by atoms with Gasteiger partial charge in [-0.3, -0.25) is 0 Å². The minimum atomic E-state index is 0.790. The van der Waals surface area contributed by atoms with Crippen LogP contribution < -0.4 is 10.5 Å². The molecule has 0 aliphatic heterocycles. The molecule has 1 fully saturated rings. The second-order valence-corrected chi connectivity index (χ2v) is 5.63. The lowest BCUT2D eigenvalue weighted by Crippen LogP contribution is -2.36. The molecule has 0 atom stereocenters. The number of nitrogens with zero attached hydrogens (tertiary/aromatic N) is 1. The number of rotatable bonds is 9. The fourth-order valence-corrected chi connectivity index (χ4v) is 3.02. The SMILES string of the molecule is NCCCN(CCCOc1ccccc1)C1CCCC1. The fourth-order valence-electron chi connectivity index (χ4n) is 3.02. The summed E-state index contributed by atoms with van der Waals surface area (Å²) in [5.74, 6) is 0.974. The molecule has 0 spiro atoms. The van der Waals surface area contributed by atoms with E-state index in [1.54, 1.807) is 0 Å². The molecule has 3 nitrogen and oxygen atoms in total. The van der Waals surface area contributed by atoms with E-state index in [2.05, 4.69) is 4.90 Å². The molecule has 1 saturated carbocycles. The highest BCUT2D eigenvalue weighted by Gasteiger charge is 2.21. The maximum Gasteiger partial charge on any atom is 0.119 e. The van der Waals surface area contributed by atoms with Crippen LogP contribution in [0.3, 0.4) is 0 Å². The standard InChI is InChI=1S/C17H28N2O/c18-12-6-13-19(16-8-4-5-9-16)14-7-15-20-17-10-2-1-3-11-17/h1-3,10-11,16H,4-9,12-15,18H2. The van der Waals surface area contributed by atoms with Crippen LogP contribution in [0.2, 0.25) is 0 Å². The van der Waals surface area contributed by atoms with Gasteiger partial charge < -0.3 is 15.4 Å². The Labute approximate surface area is 123 Å². The van der Waals surface area contributed by atoms with Crippen molar-refractivity contribution >= 4 is 0 Å². The molecule has 0 bridgehead atoms. The van der Waals surface area contributed by atoms with Crippen molar-refractivity contribution < 1.29 is 4.74 Å². The summed E-state index contributed by atoms with van der Waals surface area (Å²) in [5.41, 5.74) is 5.65. The molecule has 0 amide bonds. The van der Waals surface area contributed by atoms with Crippen LogP contribution in [0.1, 0.15) is 38.5 Å². The minimum Gasteiger partial charge on any atom is -0.494 e. The zero-order valence-corrected chi connectivity index (χ0v) is 12.5. The third kappa shape index (κ3) is 5.14. The van der Waals surface area contributed by atoms with Crippen LogP contribution in [0.25, 0.3) is 0 Å². The van der Waals surface area contributed by atoms with Crippen LogP contribution in [0.15, 0.2) is 30.3 Å². The number of nitrogens with two attached hydrogens (primary N) is 1. The summed E-state index contributed by atoms with van der Waals surface area (Å²) in [6.07, 6.45) is 7.72. The van der Waals surface area contributed by atoms with E-state index in [0.29, 0.717) is 0 Å². The molecule has 0 heterocycles. The Morgan fingerprint density at radius 2 is 1.75 bits per heavy atom. The topological polar surface area (TPSA) is 38.5 Å². The summed E-state index contributed by atoms with van der Waals surface area (Å²) in [5, 5.41) is 0. The lowest BCUT2D eigenvalue weighted by Gasteiger charge is -2.28. The Kier molecular flexibility index (Phi) is 6.89. The Morgan fingerprint density at radius 1 is 1.05 bits per heavy atom. The van der Waals surface area contributed by atoms with Gasteiger partial charge in [-0.25, -0.2) is 0 Å². The van der Waals surface area contributed by atoms with E-state index >= 15 is 0 Å². The second kappa shape index (κ2) is 8.98. The Morgan fingerprint density at radius 3 is 2.45 bits per heavy atom. The first-order valence-electron chi connectivity index (χ1n) is 8.02. The van der Waals surface area contributed by atoms with Crippen molar-refractivity contribution in [3.8, 4) is 5.75 Å². The molecule has 3 heteroatoms. The molecule has 0 unspecified atom stereocenters. The predicted molar refractivity (Wildman–Crippen MR) is 84.1 cm³/mol. The number of hydrogen-bond donors (Lipinski definition) is 1. The van der Waals surface area contributed by atoms with Crippen molar-refractivity contribution in [3.63, 3.8) is 0 Å². The zero-order valence-electron chi connectivity index (χ0n) is 12.5. The quantitative estimate of drug-likeness (QED) is 0.705. The van der Waals surface area contributed by atoms with E-state index in [1.165, 1.54) is 25.7 Å². The van der Waals surface area contributed by atoms with Crippen LogP contribution in [0, 0.1) is 0 Å². The van der Waals surface area contributed by atoms with Gasteiger partial charge in [0.15, 0.2) is 0 Å². The van der Waals surface area contributed by atoms with E-state index in [0.717, 1.165) is 50.9 Å². The van der Waals surface area contributed by atoms with Crippen molar-refractivity contribution in [2.75, 3.05) is 26.2 Å². The minimum absolute atomic E-state index is 0.790. The van der Waals surface area contributed by atoms with Crippen LogP contribution in [-0.2, 0) is 0 Å². The molecule has 1 aromatic rings. The lowest BCUT2D eigenvalue weighted by molar-refractivity contribution is 0.179. The second-order valence-electron chi connectivity index (χ2n) is 5.63. The van der Waals surface area contributed by atoms with Crippen molar-refractivity contribution in [1.29, 1.82) is 0 Å². The summed E-state index contributed by atoms with van der Waals surface area (Å²) in [4.78, 5) is 2.63. The fraction of sp³-hybridized carbons (Fsp3) is 0.647. The molecule has 0 saturated heterocycles. The summed E-state index contributed by atoms with van der Waals surface area (Å²) in [7, 11) is 0. The summed E-state index contributed by atoms with van der Waals surface area (Å²) in [6.45, 7) is 3.88. The molecular formula is C17H28N2O. The van der Waals surface area contributed by atoms with Crippen molar-refractivity contribution in [2.45, 2.75) is 44.6 Å². The van der Waals surface area contributed by atoms with Gasteiger partial charge in [0.1, 0.15) is 5.75 Å². The Bertz CT molecular complexity index is 349. The van der Waals surface area contributed by atoms with Gasteiger partial charge in [-0.15, -0.1) is 0 Å². The lowest BCUT2D eigenvalue weighted by atomic mass is 10.2. The van der Waals surface area contributed by atoms with Gasteiger partial charge in [-0.2, -0.15) is 0 Å². The first kappa shape index (κ1) is 15.3. The highest BCUT2D eigenvalue weighted by molar-refractivity contribution is 5.20. The van der Waals surface area contributed by atoms with Gasteiger partial charge in [0.25, 0.3) is 0 Å². The monoisotopic (exact) mass is 276 g/mol. The third-order valence-electron chi connectivity index (χ3n) is 4.09. The number of benzene rings is 1. The number of para-hydroxylation sites is 1. The van der Waals surface area contributed by atoms with Crippen LogP contribution in [-0.4, -0.2) is 37.2 Å². The van der Waals surface area contributed by atoms with Crippen molar-refractivity contribution in [1.82, 2.24) is 4.90 Å². The van der Waals surface area contributed by atoms with Crippen molar-refractivity contribution in [2.24, 2.45) is 5.73 Å². The Hall–Kier alpha value is -1.06. The zero-order chi connectivity index (χ0) is 14.0. The molecule has 1 aliphatic carbocycles. The molecule has 1 aliphatic rings. The summed E-state index contributed by atoms with van der Waals surface area (Å²) in [6, 6.07) is 10.9. The molecule has 1 aromatic carbocycles.